The van der Waals surface area contributed by atoms with Gasteiger partial charge in [0.2, 0.25) is 0 Å². The second kappa shape index (κ2) is 6.18. The summed E-state index contributed by atoms with van der Waals surface area (Å²) in [5.41, 5.74) is 8.96. The largest absolute Gasteiger partial charge is 0.396 e. The molecule has 3 N–H and O–H groups in total. The van der Waals surface area contributed by atoms with Gasteiger partial charge in [-0.05, 0) is 36.2 Å². The maximum atomic E-state index is 11.7. The highest BCUT2D eigenvalue weighted by molar-refractivity contribution is 7.90. The van der Waals surface area contributed by atoms with Crippen LogP contribution in [0, 0.1) is 0 Å². The minimum absolute atomic E-state index is 0.148. The normalized spacial score (nSPS) is 11.3. The van der Waals surface area contributed by atoms with Gasteiger partial charge in [-0.3, -0.25) is 0 Å². The van der Waals surface area contributed by atoms with E-state index in [1.54, 1.807) is 12.1 Å². The summed E-state index contributed by atoms with van der Waals surface area (Å²) in [6.07, 6.45) is 3.31. The van der Waals surface area contributed by atoms with Crippen LogP contribution in [0.1, 0.15) is 18.9 Å². The second-order valence-corrected chi connectivity index (χ2v) is 7.05. The number of aryl methyl sites for hydroxylation is 1. The molecule has 0 spiro atoms. The van der Waals surface area contributed by atoms with Crippen LogP contribution in [0.3, 0.4) is 0 Å². The molecule has 0 aliphatic heterocycles. The Labute approximate surface area is 125 Å². The van der Waals surface area contributed by atoms with Gasteiger partial charge in [0.25, 0.3) is 0 Å². The fourth-order valence-electron chi connectivity index (χ4n) is 2.18. The zero-order valence-electron chi connectivity index (χ0n) is 12.3. The van der Waals surface area contributed by atoms with E-state index in [9.17, 15) is 8.42 Å². The number of hydrogen-bond acceptors (Lipinski definition) is 4. The summed E-state index contributed by atoms with van der Waals surface area (Å²) in [6, 6.07) is 13.0. The summed E-state index contributed by atoms with van der Waals surface area (Å²) in [5, 5.41) is 3.16. The first-order chi connectivity index (χ1) is 9.91. The lowest BCUT2D eigenvalue weighted by Gasteiger charge is -2.12. The van der Waals surface area contributed by atoms with Crippen LogP contribution in [0.2, 0.25) is 0 Å². The predicted molar refractivity (Wildman–Crippen MR) is 87.7 cm³/mol. The Morgan fingerprint density at radius 2 is 1.76 bits per heavy atom. The van der Waals surface area contributed by atoms with E-state index < -0.39 is 9.84 Å². The van der Waals surface area contributed by atoms with Crippen LogP contribution < -0.4 is 11.1 Å². The van der Waals surface area contributed by atoms with Gasteiger partial charge in [0.1, 0.15) is 0 Å². The first-order valence-electron chi connectivity index (χ1n) is 6.86. The maximum Gasteiger partial charge on any atom is 0.177 e. The van der Waals surface area contributed by atoms with Gasteiger partial charge in [-0.25, -0.2) is 8.42 Å². The third kappa shape index (κ3) is 3.76. The molecule has 0 amide bonds. The molecule has 2 aromatic rings. The third-order valence-electron chi connectivity index (χ3n) is 3.24. The molecule has 0 aliphatic rings. The van der Waals surface area contributed by atoms with Crippen LogP contribution in [-0.2, 0) is 16.3 Å². The lowest BCUT2D eigenvalue weighted by Crippen LogP contribution is -2.05. The Morgan fingerprint density at radius 3 is 2.33 bits per heavy atom. The molecule has 0 saturated heterocycles. The Kier molecular flexibility index (Phi) is 4.53. The number of nitrogens with two attached hydrogens (primary N) is 1. The van der Waals surface area contributed by atoms with Gasteiger partial charge in [0, 0.05) is 11.9 Å². The molecule has 0 aromatic heterocycles. The smallest absolute Gasteiger partial charge is 0.177 e. The van der Waals surface area contributed by atoms with Crippen molar-refractivity contribution in [1.29, 1.82) is 0 Å². The fourth-order valence-corrected chi connectivity index (χ4v) is 3.01. The summed E-state index contributed by atoms with van der Waals surface area (Å²) < 4.78 is 23.3. The number of sulfone groups is 1. The molecule has 5 heteroatoms. The molecule has 2 aromatic carbocycles. The molecule has 2 rings (SSSR count). The van der Waals surface area contributed by atoms with Crippen molar-refractivity contribution in [3.05, 3.63) is 48.0 Å². The highest BCUT2D eigenvalue weighted by atomic mass is 32.2. The van der Waals surface area contributed by atoms with E-state index in [1.807, 2.05) is 12.1 Å². The summed E-state index contributed by atoms with van der Waals surface area (Å²) >= 11 is 0. The third-order valence-corrected chi connectivity index (χ3v) is 4.39. The van der Waals surface area contributed by atoms with Crippen molar-refractivity contribution in [2.24, 2.45) is 0 Å². The second-order valence-electron chi connectivity index (χ2n) is 5.06. The molecule has 21 heavy (non-hydrogen) atoms. The number of para-hydroxylation sites is 1. The molecule has 0 saturated carbocycles. The lowest BCUT2D eigenvalue weighted by molar-refractivity contribution is 0.602. The van der Waals surface area contributed by atoms with Gasteiger partial charge in [0.05, 0.1) is 16.3 Å². The van der Waals surface area contributed by atoms with Gasteiger partial charge >= 0.3 is 0 Å². The molecule has 112 valence electrons. The molecule has 0 unspecified atom stereocenters. The first kappa shape index (κ1) is 15.4. The minimum Gasteiger partial charge on any atom is -0.396 e. The van der Waals surface area contributed by atoms with E-state index in [0.29, 0.717) is 5.69 Å². The van der Waals surface area contributed by atoms with Crippen molar-refractivity contribution in [2.75, 3.05) is 17.3 Å². The van der Waals surface area contributed by atoms with E-state index in [1.165, 1.54) is 11.6 Å². The number of rotatable bonds is 5. The summed E-state index contributed by atoms with van der Waals surface area (Å²) in [5.74, 6) is 0. The zero-order valence-corrected chi connectivity index (χ0v) is 13.1. The highest BCUT2D eigenvalue weighted by Crippen LogP contribution is 2.29. The molecule has 0 heterocycles. The van der Waals surface area contributed by atoms with Gasteiger partial charge < -0.3 is 11.1 Å². The molecule has 0 bridgehead atoms. The Hall–Kier alpha value is -2.01. The standard InChI is InChI=1S/C16H20N2O2S/c1-3-5-12-8-10-13(11-9-12)18-14-6-4-7-15(16(14)17)21(2,19)20/h4,6-11,18H,3,5,17H2,1-2H3. The van der Waals surface area contributed by atoms with E-state index in [2.05, 4.69) is 24.4 Å². The van der Waals surface area contributed by atoms with E-state index in [-0.39, 0.29) is 10.6 Å². The van der Waals surface area contributed by atoms with Crippen molar-refractivity contribution in [1.82, 2.24) is 0 Å². The van der Waals surface area contributed by atoms with Crippen molar-refractivity contribution in [3.8, 4) is 0 Å². The van der Waals surface area contributed by atoms with E-state index in [0.717, 1.165) is 24.8 Å². The predicted octanol–water partition coefficient (Wildman–Crippen LogP) is 3.37. The summed E-state index contributed by atoms with van der Waals surface area (Å²) in [6.45, 7) is 2.14. The van der Waals surface area contributed by atoms with Crippen LogP contribution in [0.5, 0.6) is 0 Å². The van der Waals surface area contributed by atoms with Gasteiger partial charge in [-0.2, -0.15) is 0 Å². The van der Waals surface area contributed by atoms with Gasteiger partial charge in [0.15, 0.2) is 9.84 Å². The number of benzene rings is 2. The van der Waals surface area contributed by atoms with Crippen LogP contribution in [0.4, 0.5) is 17.1 Å². The fraction of sp³-hybridized carbons (Fsp3) is 0.250. The molecule has 4 nitrogen and oxygen atoms in total. The van der Waals surface area contributed by atoms with Crippen LogP contribution in [0.15, 0.2) is 47.4 Å². The number of anilines is 3. The topological polar surface area (TPSA) is 72.2 Å². The minimum atomic E-state index is -3.33. The van der Waals surface area contributed by atoms with Crippen molar-refractivity contribution in [3.63, 3.8) is 0 Å². The SMILES string of the molecule is CCCc1ccc(Nc2cccc(S(C)(=O)=O)c2N)cc1. The molecule has 0 aliphatic carbocycles. The monoisotopic (exact) mass is 304 g/mol. The molecule has 0 radical (unpaired) electrons. The molecular formula is C16H20N2O2S. The summed E-state index contributed by atoms with van der Waals surface area (Å²) in [4.78, 5) is 0.148. The maximum absolute atomic E-state index is 11.7. The molecular weight excluding hydrogens is 284 g/mol. The average Bonchev–Trinajstić information content (AvgIpc) is 2.42. The summed E-state index contributed by atoms with van der Waals surface area (Å²) in [7, 11) is -3.33. The number of nitrogens with one attached hydrogen (secondary N) is 1. The van der Waals surface area contributed by atoms with Crippen molar-refractivity contribution < 1.29 is 8.42 Å². The van der Waals surface area contributed by atoms with Gasteiger partial charge in [-0.1, -0.05) is 31.5 Å². The molecule has 0 atom stereocenters. The van der Waals surface area contributed by atoms with Crippen molar-refractivity contribution in [2.45, 2.75) is 24.7 Å². The zero-order chi connectivity index (χ0) is 15.5. The number of hydrogen-bond donors (Lipinski definition) is 2. The van der Waals surface area contributed by atoms with E-state index >= 15 is 0 Å². The Balaban J connectivity index is 2.28. The Bertz CT molecular complexity index is 722. The number of nitrogen functional groups attached to an aromatic ring is 1. The average molecular weight is 304 g/mol. The van der Waals surface area contributed by atoms with E-state index in [4.69, 9.17) is 5.73 Å². The molecule has 0 fully saturated rings. The lowest BCUT2D eigenvalue weighted by atomic mass is 10.1. The van der Waals surface area contributed by atoms with Gasteiger partial charge in [-0.15, -0.1) is 0 Å². The van der Waals surface area contributed by atoms with Crippen molar-refractivity contribution >= 4 is 26.9 Å². The van der Waals surface area contributed by atoms with Crippen LogP contribution in [-0.4, -0.2) is 14.7 Å². The Morgan fingerprint density at radius 1 is 1.10 bits per heavy atom. The quantitative estimate of drug-likeness (QED) is 0.831. The first-order valence-corrected chi connectivity index (χ1v) is 8.75. The highest BCUT2D eigenvalue weighted by Gasteiger charge is 2.14. The van der Waals surface area contributed by atoms with Crippen LogP contribution in [0.25, 0.3) is 0 Å². The van der Waals surface area contributed by atoms with Crippen LogP contribution >= 0.6 is 0 Å².